The highest BCUT2D eigenvalue weighted by atomic mass is 19.1. The number of amides is 1. The monoisotopic (exact) mass is 448 g/mol. The van der Waals surface area contributed by atoms with Crippen LogP contribution in [0.5, 0.6) is 0 Å². The lowest BCUT2D eigenvalue weighted by Gasteiger charge is -2.13. The number of aryl methyl sites for hydroxylation is 1. The molecule has 1 N–H and O–H groups in total. The number of nitrogens with one attached hydrogen (secondary N) is 1. The quantitative estimate of drug-likeness (QED) is 0.508. The molecule has 0 spiro atoms. The Kier molecular flexibility index (Phi) is 5.95. The molecule has 0 atom stereocenters. The normalized spacial score (nSPS) is 10.8. The van der Waals surface area contributed by atoms with Crippen LogP contribution in [0.2, 0.25) is 0 Å². The summed E-state index contributed by atoms with van der Waals surface area (Å²) < 4.78 is 28.7. The van der Waals surface area contributed by atoms with Gasteiger partial charge in [-0.25, -0.2) is 13.6 Å². The zero-order valence-corrected chi connectivity index (χ0v) is 17.5. The second kappa shape index (κ2) is 8.99. The van der Waals surface area contributed by atoms with Crippen LogP contribution in [0.3, 0.4) is 0 Å². The fraction of sp³-hybridized carbons (Fsp3) is 0.0833. The number of hydrogen-bond acceptors (Lipinski definition) is 4. The van der Waals surface area contributed by atoms with E-state index in [-0.39, 0.29) is 17.9 Å². The molecule has 7 nitrogen and oxygen atoms in total. The number of carbonyl (C=O) groups is 1. The summed E-state index contributed by atoms with van der Waals surface area (Å²) in [6.45, 7) is 1.75. The maximum atomic E-state index is 13.8. The number of anilines is 1. The lowest BCUT2D eigenvalue weighted by Crippen LogP contribution is -2.45. The van der Waals surface area contributed by atoms with Crippen molar-refractivity contribution in [3.8, 4) is 5.69 Å². The Morgan fingerprint density at radius 1 is 0.939 bits per heavy atom. The zero-order valence-electron chi connectivity index (χ0n) is 17.5. The molecule has 1 amide bonds. The number of carbonyl (C=O) groups excluding carboxylic acids is 1. The minimum absolute atomic E-state index is 0.0498. The number of rotatable bonds is 5. The molecule has 9 heteroatoms. The number of nitrogens with zero attached hydrogens (tertiary/aromatic N) is 3. The molecule has 0 aliphatic rings. The van der Waals surface area contributed by atoms with Gasteiger partial charge in [0.1, 0.15) is 11.6 Å². The standard InChI is InChI=1S/C24H18F2N4O3/c1-15-4-2-5-16(12-15)14-29-23(32)21(22(31)27-19-10-8-17(25)9-11-19)28-30(24(29)33)20-7-3-6-18(26)13-20/h2-13H,14H2,1H3,(H,27,31). The Hall–Kier alpha value is -4.40. The van der Waals surface area contributed by atoms with Crippen LogP contribution in [0.25, 0.3) is 5.69 Å². The van der Waals surface area contributed by atoms with Crippen LogP contribution >= 0.6 is 0 Å². The summed E-state index contributed by atoms with van der Waals surface area (Å²) in [7, 11) is 0. The Labute approximate surface area is 186 Å². The third-order valence-corrected chi connectivity index (χ3v) is 4.85. The molecule has 0 saturated carbocycles. The molecular formula is C24H18F2N4O3. The van der Waals surface area contributed by atoms with Crippen molar-refractivity contribution < 1.29 is 13.6 Å². The molecule has 1 aromatic heterocycles. The molecule has 0 fully saturated rings. The highest BCUT2D eigenvalue weighted by Crippen LogP contribution is 2.11. The van der Waals surface area contributed by atoms with Crippen molar-refractivity contribution in [2.75, 3.05) is 5.32 Å². The molecule has 0 unspecified atom stereocenters. The molecule has 4 aromatic rings. The summed E-state index contributed by atoms with van der Waals surface area (Å²) in [5, 5.41) is 6.40. The van der Waals surface area contributed by atoms with Crippen molar-refractivity contribution in [3.05, 3.63) is 122 Å². The van der Waals surface area contributed by atoms with Crippen molar-refractivity contribution in [1.29, 1.82) is 0 Å². The van der Waals surface area contributed by atoms with Crippen LogP contribution in [-0.4, -0.2) is 20.3 Å². The van der Waals surface area contributed by atoms with E-state index in [1.165, 1.54) is 30.3 Å². The fourth-order valence-electron chi connectivity index (χ4n) is 3.29. The first-order valence-corrected chi connectivity index (χ1v) is 9.94. The van der Waals surface area contributed by atoms with Gasteiger partial charge in [-0.15, -0.1) is 0 Å². The summed E-state index contributed by atoms with van der Waals surface area (Å²) in [6, 6.07) is 17.2. The van der Waals surface area contributed by atoms with Crippen LogP contribution in [-0.2, 0) is 6.54 Å². The minimum atomic E-state index is -0.909. The molecule has 1 heterocycles. The summed E-state index contributed by atoms with van der Waals surface area (Å²) in [5.41, 5.74) is -0.439. The SMILES string of the molecule is Cc1cccc(Cn2c(=O)c(C(=O)Nc3ccc(F)cc3)nn(-c3cccc(F)c3)c2=O)c1. The molecule has 0 saturated heterocycles. The Bertz CT molecular complexity index is 1460. The van der Waals surface area contributed by atoms with Gasteiger partial charge in [0.05, 0.1) is 12.2 Å². The van der Waals surface area contributed by atoms with Crippen molar-refractivity contribution in [3.63, 3.8) is 0 Å². The second-order valence-corrected chi connectivity index (χ2v) is 7.36. The molecular weight excluding hydrogens is 430 g/mol. The van der Waals surface area contributed by atoms with E-state index in [9.17, 15) is 23.2 Å². The molecule has 0 aliphatic heterocycles. The maximum absolute atomic E-state index is 13.8. The van der Waals surface area contributed by atoms with Crippen molar-refractivity contribution in [2.24, 2.45) is 0 Å². The van der Waals surface area contributed by atoms with Gasteiger partial charge >= 0.3 is 5.69 Å². The van der Waals surface area contributed by atoms with Crippen molar-refractivity contribution in [1.82, 2.24) is 14.3 Å². The van der Waals surface area contributed by atoms with Crippen LogP contribution in [0, 0.1) is 18.6 Å². The van der Waals surface area contributed by atoms with Crippen molar-refractivity contribution in [2.45, 2.75) is 13.5 Å². The summed E-state index contributed by atoms with van der Waals surface area (Å²) in [4.78, 5) is 39.1. The van der Waals surface area contributed by atoms with E-state index in [1.807, 2.05) is 13.0 Å². The first-order chi connectivity index (χ1) is 15.8. The molecule has 3 aromatic carbocycles. The van der Waals surface area contributed by atoms with Gasteiger partial charge in [-0.3, -0.25) is 14.2 Å². The van der Waals surface area contributed by atoms with E-state index in [2.05, 4.69) is 10.4 Å². The van der Waals surface area contributed by atoms with Crippen LogP contribution in [0.4, 0.5) is 14.5 Å². The van der Waals surface area contributed by atoms with Gasteiger partial charge in [-0.1, -0.05) is 35.9 Å². The number of benzene rings is 3. The predicted molar refractivity (Wildman–Crippen MR) is 119 cm³/mol. The van der Waals surface area contributed by atoms with Crippen LogP contribution < -0.4 is 16.6 Å². The third-order valence-electron chi connectivity index (χ3n) is 4.85. The largest absolute Gasteiger partial charge is 0.352 e. The second-order valence-electron chi connectivity index (χ2n) is 7.36. The summed E-state index contributed by atoms with van der Waals surface area (Å²) in [5.74, 6) is -2.00. The number of halogens is 2. The van der Waals surface area contributed by atoms with Gasteiger partial charge in [-0.05, 0) is 55.0 Å². The lowest BCUT2D eigenvalue weighted by molar-refractivity contribution is 0.101. The zero-order chi connectivity index (χ0) is 23.5. The van der Waals surface area contributed by atoms with Gasteiger partial charge in [0.25, 0.3) is 11.5 Å². The predicted octanol–water partition coefficient (Wildman–Crippen LogP) is 3.28. The maximum Gasteiger partial charge on any atom is 0.352 e. The van der Waals surface area contributed by atoms with E-state index in [0.29, 0.717) is 5.56 Å². The van der Waals surface area contributed by atoms with Crippen molar-refractivity contribution >= 4 is 11.6 Å². The molecule has 0 aliphatic carbocycles. The van der Waals surface area contributed by atoms with E-state index in [4.69, 9.17) is 0 Å². The Balaban J connectivity index is 1.85. The van der Waals surface area contributed by atoms with Gasteiger partial charge < -0.3 is 5.32 Å². The number of aromatic nitrogens is 3. The van der Waals surface area contributed by atoms with Gasteiger partial charge in [0.2, 0.25) is 5.69 Å². The molecule has 0 bridgehead atoms. The van der Waals surface area contributed by atoms with E-state index in [1.54, 1.807) is 18.2 Å². The lowest BCUT2D eigenvalue weighted by atomic mass is 10.1. The fourth-order valence-corrected chi connectivity index (χ4v) is 3.29. The van der Waals surface area contributed by atoms with E-state index >= 15 is 0 Å². The van der Waals surface area contributed by atoms with Gasteiger partial charge in [0.15, 0.2) is 0 Å². The Morgan fingerprint density at radius 3 is 2.36 bits per heavy atom. The van der Waals surface area contributed by atoms with E-state index in [0.717, 1.165) is 33.0 Å². The summed E-state index contributed by atoms with van der Waals surface area (Å²) in [6.07, 6.45) is 0. The first kappa shape index (κ1) is 21.8. The molecule has 33 heavy (non-hydrogen) atoms. The average molecular weight is 448 g/mol. The molecule has 4 rings (SSSR count). The topological polar surface area (TPSA) is 86.0 Å². The first-order valence-electron chi connectivity index (χ1n) is 9.94. The van der Waals surface area contributed by atoms with Crippen LogP contribution in [0.15, 0.2) is 82.4 Å². The van der Waals surface area contributed by atoms with Crippen LogP contribution in [0.1, 0.15) is 21.6 Å². The highest BCUT2D eigenvalue weighted by Gasteiger charge is 2.21. The Morgan fingerprint density at radius 2 is 1.67 bits per heavy atom. The smallest absolute Gasteiger partial charge is 0.320 e. The van der Waals surface area contributed by atoms with Gasteiger partial charge in [0, 0.05) is 5.69 Å². The summed E-state index contributed by atoms with van der Waals surface area (Å²) >= 11 is 0. The average Bonchev–Trinajstić information content (AvgIpc) is 2.78. The third kappa shape index (κ3) is 4.77. The minimum Gasteiger partial charge on any atom is -0.320 e. The van der Waals surface area contributed by atoms with Gasteiger partial charge in [-0.2, -0.15) is 9.78 Å². The molecule has 0 radical (unpaired) electrons. The highest BCUT2D eigenvalue weighted by molar-refractivity contribution is 6.02. The van der Waals surface area contributed by atoms with E-state index < -0.39 is 34.5 Å². The molecule has 166 valence electrons. The number of hydrogen-bond donors (Lipinski definition) is 1.